The van der Waals surface area contributed by atoms with Gasteiger partial charge in [-0.2, -0.15) is 5.10 Å². The van der Waals surface area contributed by atoms with E-state index in [0.717, 1.165) is 50.3 Å². The molecule has 7 nitrogen and oxygen atoms in total. The molecular formula is C18H27N5O2. The number of nitrogens with one attached hydrogen (secondary N) is 1. The minimum atomic E-state index is 0.0805. The average molecular weight is 345 g/mol. The molecule has 1 N–H and O–H groups in total. The summed E-state index contributed by atoms with van der Waals surface area (Å²) in [5, 5.41) is 7.04. The van der Waals surface area contributed by atoms with Gasteiger partial charge in [0.2, 0.25) is 0 Å². The van der Waals surface area contributed by atoms with E-state index in [1.54, 1.807) is 13.3 Å². The maximum absolute atomic E-state index is 12.9. The van der Waals surface area contributed by atoms with Crippen LogP contribution in [0.25, 0.3) is 0 Å². The second kappa shape index (κ2) is 8.29. The van der Waals surface area contributed by atoms with Crippen molar-refractivity contribution >= 4 is 5.91 Å². The van der Waals surface area contributed by atoms with Gasteiger partial charge in [-0.25, -0.2) is 4.98 Å². The van der Waals surface area contributed by atoms with Gasteiger partial charge >= 0.3 is 0 Å². The van der Waals surface area contributed by atoms with E-state index in [0.29, 0.717) is 18.7 Å². The van der Waals surface area contributed by atoms with Crippen LogP contribution in [0.5, 0.6) is 0 Å². The molecule has 0 bridgehead atoms. The lowest BCUT2D eigenvalue weighted by Crippen LogP contribution is -2.40. The van der Waals surface area contributed by atoms with Crippen LogP contribution in [-0.2, 0) is 17.7 Å². The van der Waals surface area contributed by atoms with Gasteiger partial charge in [-0.1, -0.05) is 13.3 Å². The lowest BCUT2D eigenvalue weighted by atomic mass is 9.96. The van der Waals surface area contributed by atoms with Crippen LogP contribution in [0.1, 0.15) is 54.0 Å². The molecule has 136 valence electrons. The topological polar surface area (TPSA) is 76.0 Å². The molecule has 1 aliphatic heterocycles. The number of H-pyrrole nitrogens is 1. The summed E-state index contributed by atoms with van der Waals surface area (Å²) in [4.78, 5) is 19.4. The standard InChI is InChI=1S/C18H27N5O2/c1-3-5-16-15(12-20-21-16)18(24)23-8-4-6-14(13-23)17-19-7-9-22(17)10-11-25-2/h7,9,12,14H,3-6,8,10-11,13H2,1-2H3,(H,20,21). The van der Waals surface area contributed by atoms with E-state index in [1.807, 2.05) is 17.3 Å². The first-order chi connectivity index (χ1) is 12.2. The molecule has 1 unspecified atom stereocenters. The first-order valence-corrected chi connectivity index (χ1v) is 9.06. The molecule has 0 saturated carbocycles. The number of nitrogens with zero attached hydrogens (tertiary/aromatic N) is 4. The van der Waals surface area contributed by atoms with E-state index in [4.69, 9.17) is 4.74 Å². The number of carbonyl (C=O) groups excluding carboxylic acids is 1. The second-order valence-corrected chi connectivity index (χ2v) is 6.57. The highest BCUT2D eigenvalue weighted by Crippen LogP contribution is 2.27. The summed E-state index contributed by atoms with van der Waals surface area (Å²) in [5.74, 6) is 1.40. The number of ether oxygens (including phenoxy) is 1. The Kier molecular flexibility index (Phi) is 5.86. The molecule has 3 rings (SSSR count). The average Bonchev–Trinajstić information content (AvgIpc) is 3.29. The molecule has 0 aromatic carbocycles. The molecule has 3 heterocycles. The van der Waals surface area contributed by atoms with E-state index < -0.39 is 0 Å². The summed E-state index contributed by atoms with van der Waals surface area (Å²) in [7, 11) is 1.70. The Morgan fingerprint density at radius 1 is 1.48 bits per heavy atom. The van der Waals surface area contributed by atoms with Crippen molar-refractivity contribution in [1.82, 2.24) is 24.6 Å². The van der Waals surface area contributed by atoms with Crippen molar-refractivity contribution < 1.29 is 9.53 Å². The van der Waals surface area contributed by atoms with Crippen LogP contribution in [0, 0.1) is 0 Å². The third-order valence-corrected chi connectivity index (χ3v) is 4.81. The summed E-state index contributed by atoms with van der Waals surface area (Å²) in [6, 6.07) is 0. The number of aromatic amines is 1. The molecule has 0 spiro atoms. The van der Waals surface area contributed by atoms with Crippen molar-refractivity contribution in [3.8, 4) is 0 Å². The highest BCUT2D eigenvalue weighted by atomic mass is 16.5. The van der Waals surface area contributed by atoms with E-state index in [1.165, 1.54) is 0 Å². The highest BCUT2D eigenvalue weighted by Gasteiger charge is 2.29. The molecule has 0 aliphatic carbocycles. The number of amides is 1. The zero-order valence-electron chi connectivity index (χ0n) is 15.1. The quantitative estimate of drug-likeness (QED) is 0.835. The Hall–Kier alpha value is -2.15. The van der Waals surface area contributed by atoms with Gasteiger partial charge in [-0.05, 0) is 19.3 Å². The molecule has 1 atom stereocenters. The van der Waals surface area contributed by atoms with Crippen LogP contribution >= 0.6 is 0 Å². The number of piperidine rings is 1. The fraction of sp³-hybridized carbons (Fsp3) is 0.611. The zero-order valence-corrected chi connectivity index (χ0v) is 15.1. The Morgan fingerprint density at radius 3 is 3.16 bits per heavy atom. The monoisotopic (exact) mass is 345 g/mol. The second-order valence-electron chi connectivity index (χ2n) is 6.57. The van der Waals surface area contributed by atoms with Crippen LogP contribution in [-0.4, -0.2) is 57.4 Å². The Balaban J connectivity index is 1.72. The summed E-state index contributed by atoms with van der Waals surface area (Å²) in [6.07, 6.45) is 9.37. The Bertz CT molecular complexity index is 693. The van der Waals surface area contributed by atoms with Gasteiger partial charge in [0.25, 0.3) is 5.91 Å². The number of likely N-dealkylation sites (tertiary alicyclic amines) is 1. The maximum Gasteiger partial charge on any atom is 0.257 e. The van der Waals surface area contributed by atoms with Gasteiger partial charge in [0.05, 0.1) is 18.4 Å². The van der Waals surface area contributed by atoms with Crippen LogP contribution < -0.4 is 0 Å². The Labute approximate surface area is 148 Å². The third kappa shape index (κ3) is 3.92. The molecular weight excluding hydrogens is 318 g/mol. The number of aromatic nitrogens is 4. The molecule has 1 fully saturated rings. The van der Waals surface area contributed by atoms with E-state index in [-0.39, 0.29) is 11.8 Å². The van der Waals surface area contributed by atoms with Crippen molar-refractivity contribution in [3.63, 3.8) is 0 Å². The molecule has 2 aromatic rings. The van der Waals surface area contributed by atoms with Crippen molar-refractivity contribution in [3.05, 3.63) is 35.7 Å². The molecule has 2 aromatic heterocycles. The number of aryl methyl sites for hydroxylation is 1. The zero-order chi connectivity index (χ0) is 17.6. The fourth-order valence-electron chi connectivity index (χ4n) is 3.54. The van der Waals surface area contributed by atoms with Crippen molar-refractivity contribution in [2.75, 3.05) is 26.8 Å². The van der Waals surface area contributed by atoms with Crippen LogP contribution in [0.3, 0.4) is 0 Å². The number of rotatable bonds is 7. The number of carbonyl (C=O) groups is 1. The van der Waals surface area contributed by atoms with Gasteiger partial charge in [0, 0.05) is 50.7 Å². The smallest absolute Gasteiger partial charge is 0.257 e. The molecule has 7 heteroatoms. The Morgan fingerprint density at radius 2 is 2.36 bits per heavy atom. The molecule has 0 radical (unpaired) electrons. The van der Waals surface area contributed by atoms with E-state index >= 15 is 0 Å². The molecule has 1 saturated heterocycles. The highest BCUT2D eigenvalue weighted by molar-refractivity contribution is 5.95. The number of hydrogen-bond acceptors (Lipinski definition) is 4. The summed E-state index contributed by atoms with van der Waals surface area (Å²) in [6.45, 7) is 5.06. The van der Waals surface area contributed by atoms with Crippen molar-refractivity contribution in [2.45, 2.75) is 45.1 Å². The third-order valence-electron chi connectivity index (χ3n) is 4.81. The van der Waals surface area contributed by atoms with Crippen LogP contribution in [0.15, 0.2) is 18.6 Å². The molecule has 1 amide bonds. The number of hydrogen-bond donors (Lipinski definition) is 1. The largest absolute Gasteiger partial charge is 0.383 e. The summed E-state index contributed by atoms with van der Waals surface area (Å²) < 4.78 is 7.32. The van der Waals surface area contributed by atoms with Gasteiger partial charge in [0.15, 0.2) is 0 Å². The minimum Gasteiger partial charge on any atom is -0.383 e. The molecule has 1 aliphatic rings. The van der Waals surface area contributed by atoms with Gasteiger partial charge < -0.3 is 14.2 Å². The predicted octanol–water partition coefficient (Wildman–Crippen LogP) is 2.22. The van der Waals surface area contributed by atoms with Gasteiger partial charge in [-0.15, -0.1) is 0 Å². The van der Waals surface area contributed by atoms with Crippen molar-refractivity contribution in [2.24, 2.45) is 0 Å². The SMILES string of the molecule is CCCc1[nH]ncc1C(=O)N1CCCC(c2nccn2CCOC)C1. The first-order valence-electron chi connectivity index (χ1n) is 9.06. The number of methoxy groups -OCH3 is 1. The van der Waals surface area contributed by atoms with E-state index in [2.05, 4.69) is 26.7 Å². The predicted molar refractivity (Wildman–Crippen MR) is 94.6 cm³/mol. The van der Waals surface area contributed by atoms with Gasteiger partial charge in [0.1, 0.15) is 5.82 Å². The first kappa shape index (κ1) is 17.7. The lowest BCUT2D eigenvalue weighted by Gasteiger charge is -2.32. The summed E-state index contributed by atoms with van der Waals surface area (Å²) in [5.41, 5.74) is 1.65. The summed E-state index contributed by atoms with van der Waals surface area (Å²) >= 11 is 0. The lowest BCUT2D eigenvalue weighted by molar-refractivity contribution is 0.0701. The maximum atomic E-state index is 12.9. The van der Waals surface area contributed by atoms with E-state index in [9.17, 15) is 4.79 Å². The minimum absolute atomic E-state index is 0.0805. The van der Waals surface area contributed by atoms with Crippen molar-refractivity contribution in [1.29, 1.82) is 0 Å². The number of imidazole rings is 1. The van der Waals surface area contributed by atoms with Crippen LogP contribution in [0.2, 0.25) is 0 Å². The van der Waals surface area contributed by atoms with Gasteiger partial charge in [-0.3, -0.25) is 9.89 Å². The molecule has 25 heavy (non-hydrogen) atoms. The normalized spacial score (nSPS) is 17.8. The van der Waals surface area contributed by atoms with Crippen LogP contribution in [0.4, 0.5) is 0 Å². The fourth-order valence-corrected chi connectivity index (χ4v) is 3.54.